The molecule has 3 aromatic heterocycles. The summed E-state index contributed by atoms with van der Waals surface area (Å²) in [6, 6.07) is 5.30. The van der Waals surface area contributed by atoms with Gasteiger partial charge in [-0.3, -0.25) is 4.68 Å². The van der Waals surface area contributed by atoms with E-state index < -0.39 is 25.0 Å². The first-order valence-corrected chi connectivity index (χ1v) is 14.5. The number of nitrogen functional groups attached to an aromatic ring is 1. The number of ether oxygens (including phenoxy) is 2. The summed E-state index contributed by atoms with van der Waals surface area (Å²) in [7, 11) is 0. The van der Waals surface area contributed by atoms with E-state index in [1.807, 2.05) is 6.07 Å². The van der Waals surface area contributed by atoms with E-state index in [1.54, 1.807) is 10.7 Å². The molecule has 2 fully saturated rings. The molecule has 3 N–H and O–H groups in total. The van der Waals surface area contributed by atoms with E-state index >= 15 is 4.39 Å². The molecule has 2 saturated heterocycles. The van der Waals surface area contributed by atoms with Gasteiger partial charge in [0.15, 0.2) is 12.4 Å². The van der Waals surface area contributed by atoms with Crippen molar-refractivity contribution in [1.82, 2.24) is 29.3 Å². The predicted octanol–water partition coefficient (Wildman–Crippen LogP) is 4.26. The molecule has 0 spiro atoms. The first kappa shape index (κ1) is 29.5. The molecule has 1 aromatic carbocycles. The molecule has 11 nitrogen and oxygen atoms in total. The molecule has 230 valence electrons. The van der Waals surface area contributed by atoms with Crippen LogP contribution in [0.1, 0.15) is 38.4 Å². The number of anilines is 2. The van der Waals surface area contributed by atoms with Crippen LogP contribution in [0, 0.1) is 5.82 Å². The Bertz CT molecular complexity index is 1630. The van der Waals surface area contributed by atoms with Crippen LogP contribution in [0.2, 0.25) is 5.02 Å². The standard InChI is InChI=1S/C19H20ClFN6O.C9H12F2N2O2/c1-9(2)27-15-4-10(16-13(20)6-23-18(22)24-16)3-14(21)17(15)25-19(27)26-7-12-5-11(26)8-28-12;10-8(11)5-15-9-3-6-1-2-7(14)4-13(6)12-9/h3-4,6,9,11-12H,5,7-8H2,1-2H3,(H2,22,23,24);3,7-8,14H,1-2,4-5H2/t11-,12?;/m0./s1. The van der Waals surface area contributed by atoms with Crippen LogP contribution >= 0.6 is 11.6 Å². The Labute approximate surface area is 250 Å². The van der Waals surface area contributed by atoms with Gasteiger partial charge in [-0.2, -0.15) is 0 Å². The number of nitrogens with zero attached hydrogens (tertiary/aromatic N) is 7. The molecular formula is C28H32ClF3N8O3. The van der Waals surface area contributed by atoms with Crippen LogP contribution in [0.15, 0.2) is 24.4 Å². The van der Waals surface area contributed by atoms with Crippen molar-refractivity contribution in [2.24, 2.45) is 0 Å². The summed E-state index contributed by atoms with van der Waals surface area (Å²) in [4.78, 5) is 15.0. The molecule has 2 bridgehead atoms. The lowest BCUT2D eigenvalue weighted by atomic mass is 10.1. The van der Waals surface area contributed by atoms with Crippen LogP contribution in [0.25, 0.3) is 22.3 Å². The van der Waals surface area contributed by atoms with Crippen molar-refractivity contribution in [1.29, 1.82) is 0 Å². The van der Waals surface area contributed by atoms with Gasteiger partial charge >= 0.3 is 0 Å². The topological polar surface area (TPSA) is 129 Å². The van der Waals surface area contributed by atoms with Crippen molar-refractivity contribution < 1.29 is 27.8 Å². The fraction of sp³-hybridized carbons (Fsp3) is 0.500. The molecule has 0 aliphatic carbocycles. The zero-order valence-electron chi connectivity index (χ0n) is 23.6. The van der Waals surface area contributed by atoms with Gasteiger partial charge in [0.1, 0.15) is 5.52 Å². The Balaban J connectivity index is 0.000000185. The van der Waals surface area contributed by atoms with E-state index in [0.717, 1.165) is 24.6 Å². The van der Waals surface area contributed by atoms with Crippen LogP contribution < -0.4 is 15.4 Å². The lowest BCUT2D eigenvalue weighted by Crippen LogP contribution is -2.38. The van der Waals surface area contributed by atoms with E-state index in [1.165, 1.54) is 12.3 Å². The van der Waals surface area contributed by atoms with Gasteiger partial charge in [-0.25, -0.2) is 28.1 Å². The Kier molecular flexibility index (Phi) is 8.09. The Morgan fingerprint density at radius 1 is 1.21 bits per heavy atom. The zero-order chi connectivity index (χ0) is 30.4. The van der Waals surface area contributed by atoms with Gasteiger partial charge in [0.2, 0.25) is 17.8 Å². The average Bonchev–Trinajstić information content (AvgIpc) is 3.75. The van der Waals surface area contributed by atoms with Gasteiger partial charge in [0.25, 0.3) is 6.43 Å². The molecule has 15 heteroatoms. The van der Waals surface area contributed by atoms with E-state index in [-0.39, 0.29) is 30.0 Å². The number of rotatable bonds is 6. The Morgan fingerprint density at radius 2 is 2.02 bits per heavy atom. The minimum absolute atomic E-state index is 0.0889. The number of aromatic nitrogens is 6. The summed E-state index contributed by atoms with van der Waals surface area (Å²) in [5, 5.41) is 13.7. The van der Waals surface area contributed by atoms with Crippen molar-refractivity contribution in [3.05, 3.63) is 40.9 Å². The third-order valence-corrected chi connectivity index (χ3v) is 8.03. The molecule has 0 amide bonds. The lowest BCUT2D eigenvalue weighted by molar-refractivity contribution is 0.0784. The number of hydrogen-bond donors (Lipinski definition) is 2. The number of aliphatic hydroxyl groups excluding tert-OH is 1. The normalized spacial score (nSPS) is 21.0. The molecule has 43 heavy (non-hydrogen) atoms. The van der Waals surface area contributed by atoms with Crippen molar-refractivity contribution in [3.63, 3.8) is 0 Å². The summed E-state index contributed by atoms with van der Waals surface area (Å²) in [5.74, 6) is 0.664. The van der Waals surface area contributed by atoms with E-state index in [2.05, 4.69) is 43.4 Å². The maximum Gasteiger partial charge on any atom is 0.272 e. The zero-order valence-corrected chi connectivity index (χ0v) is 24.4. The second-order valence-corrected chi connectivity index (χ2v) is 11.6. The molecule has 0 radical (unpaired) electrons. The molecule has 3 atom stereocenters. The van der Waals surface area contributed by atoms with Gasteiger partial charge < -0.3 is 29.8 Å². The third kappa shape index (κ3) is 5.95. The number of benzene rings is 1. The second kappa shape index (κ2) is 11.8. The highest BCUT2D eigenvalue weighted by Crippen LogP contribution is 2.38. The highest BCUT2D eigenvalue weighted by molar-refractivity contribution is 6.33. The third-order valence-electron chi connectivity index (χ3n) is 7.76. The van der Waals surface area contributed by atoms with E-state index in [0.29, 0.717) is 53.3 Å². The molecule has 4 aromatic rings. The van der Waals surface area contributed by atoms with Gasteiger partial charge in [0, 0.05) is 29.9 Å². The summed E-state index contributed by atoms with van der Waals surface area (Å²) < 4.78 is 53.0. The minimum atomic E-state index is -2.49. The maximum absolute atomic E-state index is 15.1. The summed E-state index contributed by atoms with van der Waals surface area (Å²) in [5.41, 5.74) is 8.62. The number of nitrogens with two attached hydrogens (primary N) is 1. The Hall–Kier alpha value is -3.62. The van der Waals surface area contributed by atoms with E-state index in [4.69, 9.17) is 26.8 Å². The van der Waals surface area contributed by atoms with E-state index in [9.17, 15) is 13.9 Å². The van der Waals surface area contributed by atoms with Crippen molar-refractivity contribution in [2.75, 3.05) is 30.4 Å². The van der Waals surface area contributed by atoms with Crippen LogP contribution in [-0.4, -0.2) is 78.8 Å². The molecule has 3 aliphatic rings. The number of alkyl halides is 2. The van der Waals surface area contributed by atoms with Gasteiger partial charge in [-0.05, 0) is 45.2 Å². The Morgan fingerprint density at radius 3 is 2.72 bits per heavy atom. The highest BCUT2D eigenvalue weighted by atomic mass is 35.5. The minimum Gasteiger partial charge on any atom is -0.471 e. The fourth-order valence-corrected chi connectivity index (χ4v) is 6.03. The lowest BCUT2D eigenvalue weighted by Gasteiger charge is -2.29. The summed E-state index contributed by atoms with van der Waals surface area (Å²) >= 11 is 6.24. The number of imidazole rings is 1. The number of aliphatic hydroxyl groups is 1. The number of fused-ring (bicyclic) bond motifs is 4. The predicted molar refractivity (Wildman–Crippen MR) is 154 cm³/mol. The average molecular weight is 621 g/mol. The van der Waals surface area contributed by atoms with Gasteiger partial charge in [0.05, 0.1) is 53.8 Å². The fourth-order valence-electron chi connectivity index (χ4n) is 5.83. The van der Waals surface area contributed by atoms with Crippen molar-refractivity contribution in [3.8, 4) is 17.1 Å². The van der Waals surface area contributed by atoms with Gasteiger partial charge in [-0.15, -0.1) is 5.10 Å². The largest absolute Gasteiger partial charge is 0.471 e. The monoisotopic (exact) mass is 620 g/mol. The van der Waals surface area contributed by atoms with Crippen LogP contribution in [0.3, 0.4) is 0 Å². The van der Waals surface area contributed by atoms with Crippen molar-refractivity contribution in [2.45, 2.75) is 70.4 Å². The van der Waals surface area contributed by atoms with Crippen molar-refractivity contribution >= 4 is 34.5 Å². The highest BCUT2D eigenvalue weighted by Gasteiger charge is 2.41. The molecule has 7 rings (SSSR count). The first-order valence-electron chi connectivity index (χ1n) is 14.1. The molecule has 2 unspecified atom stereocenters. The smallest absolute Gasteiger partial charge is 0.272 e. The van der Waals surface area contributed by atoms with Crippen LogP contribution in [-0.2, 0) is 17.7 Å². The van der Waals surface area contributed by atoms with Crippen LogP contribution in [0.4, 0.5) is 25.1 Å². The molecule has 3 aliphatic heterocycles. The first-order chi connectivity index (χ1) is 20.6. The van der Waals surface area contributed by atoms with Gasteiger partial charge in [-0.1, -0.05) is 11.6 Å². The number of morpholine rings is 1. The van der Waals surface area contributed by atoms with Crippen LogP contribution in [0.5, 0.6) is 5.88 Å². The number of halogens is 4. The molecule has 6 heterocycles. The number of hydrogen-bond acceptors (Lipinski definition) is 9. The summed E-state index contributed by atoms with van der Waals surface area (Å²) in [6.07, 6.45) is 1.13. The molecule has 0 saturated carbocycles. The SMILES string of the molecule is CC(C)n1c(N2CC3C[C@H]2CO3)nc2c(F)cc(-c3nc(N)ncc3Cl)cc21.OC1CCc2cc(OCC(F)F)nn2C1. The summed E-state index contributed by atoms with van der Waals surface area (Å²) in [6.45, 7) is 5.37. The number of aryl methyl sites for hydroxylation is 1. The maximum atomic E-state index is 15.1. The molecular weight excluding hydrogens is 589 g/mol. The quantitative estimate of drug-likeness (QED) is 0.325. The second-order valence-electron chi connectivity index (χ2n) is 11.2.